The Balaban J connectivity index is 2.89. The van der Waals surface area contributed by atoms with Crippen LogP contribution < -0.4 is 0 Å². The number of hydrogen-bond acceptors (Lipinski definition) is 1. The summed E-state index contributed by atoms with van der Waals surface area (Å²) in [6, 6.07) is 0. The molecule has 1 atom stereocenters. The monoisotopic (exact) mass is 194 g/mol. The molecule has 14 heavy (non-hydrogen) atoms. The van der Waals surface area contributed by atoms with Crippen LogP contribution in [0, 0.1) is 5.92 Å². The fourth-order valence-corrected chi connectivity index (χ4v) is 1.26. The molecule has 2 heteroatoms. The molecule has 0 radical (unpaired) electrons. The fourth-order valence-electron chi connectivity index (χ4n) is 1.26. The Bertz CT molecular complexity index is 292. The van der Waals surface area contributed by atoms with Gasteiger partial charge in [-0.15, -0.1) is 0 Å². The molecule has 0 bridgehead atoms. The maximum atomic E-state index is 4.45. The Labute approximate surface area is 87.1 Å². The van der Waals surface area contributed by atoms with E-state index in [0.29, 0.717) is 11.8 Å². The van der Waals surface area contributed by atoms with E-state index in [2.05, 4.69) is 51.5 Å². The number of aromatic amines is 1. The summed E-state index contributed by atoms with van der Waals surface area (Å²) >= 11 is 0. The number of H-pyrrole nitrogens is 1. The zero-order chi connectivity index (χ0) is 10.9. The summed E-state index contributed by atoms with van der Waals surface area (Å²) in [5, 5.41) is 0. The number of rotatable bonds is 2. The third-order valence-corrected chi connectivity index (χ3v) is 2.83. The number of nitrogens with zero attached hydrogens (tertiary/aromatic N) is 1. The molecule has 0 saturated carbocycles. The van der Waals surface area contributed by atoms with Crippen LogP contribution >= 0.6 is 0 Å². The van der Waals surface area contributed by atoms with E-state index in [0.717, 1.165) is 5.82 Å². The van der Waals surface area contributed by atoms with Crippen molar-refractivity contribution in [1.29, 1.82) is 0 Å². The zero-order valence-electron chi connectivity index (χ0n) is 10.2. The lowest BCUT2D eigenvalue weighted by atomic mass is 9.93. The summed E-state index contributed by atoms with van der Waals surface area (Å²) in [5.41, 5.74) is 1.39. The van der Waals surface area contributed by atoms with Gasteiger partial charge in [-0.25, -0.2) is 4.98 Å². The minimum absolute atomic E-state index is 0.169. The van der Waals surface area contributed by atoms with Gasteiger partial charge in [0.25, 0.3) is 0 Å². The van der Waals surface area contributed by atoms with Crippen molar-refractivity contribution in [3.05, 3.63) is 17.7 Å². The highest BCUT2D eigenvalue weighted by atomic mass is 14.9. The Morgan fingerprint density at radius 3 is 2.14 bits per heavy atom. The van der Waals surface area contributed by atoms with Crippen molar-refractivity contribution in [3.63, 3.8) is 0 Å². The van der Waals surface area contributed by atoms with Crippen LogP contribution in [0.15, 0.2) is 6.20 Å². The highest BCUT2D eigenvalue weighted by Crippen LogP contribution is 2.25. The number of nitrogens with one attached hydrogen (secondary N) is 1. The first-order chi connectivity index (χ1) is 6.32. The second-order valence-electron chi connectivity index (χ2n) is 5.46. The van der Waals surface area contributed by atoms with Crippen LogP contribution in [0.3, 0.4) is 0 Å². The summed E-state index contributed by atoms with van der Waals surface area (Å²) in [6.45, 7) is 13.3. The highest BCUT2D eigenvalue weighted by Gasteiger charge is 2.19. The van der Waals surface area contributed by atoms with Crippen LogP contribution in [-0.4, -0.2) is 9.97 Å². The first-order valence-electron chi connectivity index (χ1n) is 5.37. The van der Waals surface area contributed by atoms with Crippen LogP contribution in [0.1, 0.15) is 59.0 Å². The average molecular weight is 194 g/mol. The third kappa shape index (κ3) is 2.37. The topological polar surface area (TPSA) is 28.7 Å². The van der Waals surface area contributed by atoms with E-state index in [-0.39, 0.29) is 5.41 Å². The van der Waals surface area contributed by atoms with Crippen molar-refractivity contribution in [1.82, 2.24) is 9.97 Å². The second kappa shape index (κ2) is 3.76. The molecule has 0 spiro atoms. The van der Waals surface area contributed by atoms with Gasteiger partial charge in [0.15, 0.2) is 0 Å². The van der Waals surface area contributed by atoms with Crippen molar-refractivity contribution in [2.24, 2.45) is 5.92 Å². The molecule has 0 fully saturated rings. The number of imidazole rings is 1. The third-order valence-electron chi connectivity index (χ3n) is 2.83. The van der Waals surface area contributed by atoms with E-state index >= 15 is 0 Å². The van der Waals surface area contributed by atoms with Gasteiger partial charge in [-0.3, -0.25) is 0 Å². The Kier molecular flexibility index (Phi) is 3.03. The van der Waals surface area contributed by atoms with Crippen molar-refractivity contribution in [2.45, 2.75) is 52.9 Å². The summed E-state index contributed by atoms with van der Waals surface area (Å²) in [4.78, 5) is 7.87. The molecular weight excluding hydrogens is 172 g/mol. The van der Waals surface area contributed by atoms with Gasteiger partial charge in [0.05, 0.1) is 0 Å². The molecule has 0 aliphatic heterocycles. The van der Waals surface area contributed by atoms with Gasteiger partial charge in [0.2, 0.25) is 0 Å². The lowest BCUT2D eigenvalue weighted by Gasteiger charge is -2.16. The lowest BCUT2D eigenvalue weighted by Crippen LogP contribution is -2.12. The molecule has 1 N–H and O–H groups in total. The van der Waals surface area contributed by atoms with E-state index in [1.54, 1.807) is 0 Å². The normalized spacial score (nSPS) is 14.8. The summed E-state index contributed by atoms with van der Waals surface area (Å²) in [7, 11) is 0. The van der Waals surface area contributed by atoms with Crippen LogP contribution in [0.25, 0.3) is 0 Å². The number of aromatic nitrogens is 2. The molecule has 1 aromatic heterocycles. The second-order valence-corrected chi connectivity index (χ2v) is 5.46. The van der Waals surface area contributed by atoms with Gasteiger partial charge >= 0.3 is 0 Å². The SMILES string of the molecule is CC(C)C(C)c1ncc(C(C)(C)C)[nH]1. The summed E-state index contributed by atoms with van der Waals surface area (Å²) < 4.78 is 0. The molecule has 1 aromatic rings. The van der Waals surface area contributed by atoms with Crippen molar-refractivity contribution >= 4 is 0 Å². The van der Waals surface area contributed by atoms with Gasteiger partial charge in [-0.1, -0.05) is 41.5 Å². The molecule has 0 aliphatic carbocycles. The molecule has 1 heterocycles. The predicted octanol–water partition coefficient (Wildman–Crippen LogP) is 3.47. The van der Waals surface area contributed by atoms with E-state index < -0.39 is 0 Å². The Morgan fingerprint density at radius 1 is 1.21 bits per heavy atom. The summed E-state index contributed by atoms with van der Waals surface area (Å²) in [6.07, 6.45) is 1.97. The molecule has 0 saturated heterocycles. The Hall–Kier alpha value is -0.790. The predicted molar refractivity (Wildman–Crippen MR) is 60.5 cm³/mol. The molecule has 0 aliphatic rings. The van der Waals surface area contributed by atoms with Crippen LogP contribution in [-0.2, 0) is 5.41 Å². The van der Waals surface area contributed by atoms with Crippen molar-refractivity contribution in [2.75, 3.05) is 0 Å². The van der Waals surface area contributed by atoms with Crippen molar-refractivity contribution < 1.29 is 0 Å². The van der Waals surface area contributed by atoms with Gasteiger partial charge in [0.1, 0.15) is 5.82 Å². The van der Waals surface area contributed by atoms with Gasteiger partial charge in [-0.05, 0) is 5.92 Å². The summed E-state index contributed by atoms with van der Waals surface area (Å²) in [5.74, 6) is 2.25. The standard InChI is InChI=1S/C12H22N2/c1-8(2)9(3)11-13-7-10(14-11)12(4,5)6/h7-9H,1-6H3,(H,13,14). The first-order valence-corrected chi connectivity index (χ1v) is 5.37. The van der Waals surface area contributed by atoms with E-state index in [1.807, 2.05) is 6.20 Å². The zero-order valence-corrected chi connectivity index (χ0v) is 10.2. The number of hydrogen-bond donors (Lipinski definition) is 1. The highest BCUT2D eigenvalue weighted by molar-refractivity contribution is 5.13. The lowest BCUT2D eigenvalue weighted by molar-refractivity contribution is 0.508. The van der Waals surface area contributed by atoms with Gasteiger partial charge in [0, 0.05) is 23.2 Å². The van der Waals surface area contributed by atoms with Crippen LogP contribution in [0.5, 0.6) is 0 Å². The van der Waals surface area contributed by atoms with E-state index in [9.17, 15) is 0 Å². The smallest absolute Gasteiger partial charge is 0.109 e. The molecule has 1 unspecified atom stereocenters. The van der Waals surface area contributed by atoms with Crippen molar-refractivity contribution in [3.8, 4) is 0 Å². The minimum Gasteiger partial charge on any atom is -0.345 e. The largest absolute Gasteiger partial charge is 0.345 e. The van der Waals surface area contributed by atoms with Crippen LogP contribution in [0.2, 0.25) is 0 Å². The molecule has 2 nitrogen and oxygen atoms in total. The molecule has 0 aromatic carbocycles. The van der Waals surface area contributed by atoms with E-state index in [4.69, 9.17) is 0 Å². The van der Waals surface area contributed by atoms with Gasteiger partial charge in [-0.2, -0.15) is 0 Å². The molecule has 0 amide bonds. The molecule has 1 rings (SSSR count). The van der Waals surface area contributed by atoms with E-state index in [1.165, 1.54) is 5.69 Å². The maximum absolute atomic E-state index is 4.45. The Morgan fingerprint density at radius 2 is 1.79 bits per heavy atom. The average Bonchev–Trinajstić information content (AvgIpc) is 2.49. The molecule has 80 valence electrons. The first kappa shape index (κ1) is 11.3. The fraction of sp³-hybridized carbons (Fsp3) is 0.750. The quantitative estimate of drug-likeness (QED) is 0.767. The minimum atomic E-state index is 0.169. The van der Waals surface area contributed by atoms with Gasteiger partial charge < -0.3 is 4.98 Å². The molecular formula is C12H22N2. The van der Waals surface area contributed by atoms with Crippen LogP contribution in [0.4, 0.5) is 0 Å². The maximum Gasteiger partial charge on any atom is 0.109 e.